The summed E-state index contributed by atoms with van der Waals surface area (Å²) in [7, 11) is 0. The molecule has 4 aromatic rings. The van der Waals surface area contributed by atoms with E-state index in [-0.39, 0.29) is 22.9 Å². The summed E-state index contributed by atoms with van der Waals surface area (Å²) in [4.78, 5) is 41.7. The van der Waals surface area contributed by atoms with Crippen molar-refractivity contribution in [2.75, 3.05) is 9.80 Å². The number of nitrogens with zero attached hydrogens (tertiary/aromatic N) is 2. The lowest BCUT2D eigenvalue weighted by molar-refractivity contribution is -0.120. The molecular weight excluding hydrogens is 790 g/mol. The number of amides is 2. The van der Waals surface area contributed by atoms with Gasteiger partial charge in [-0.05, 0) is 148 Å². The van der Waals surface area contributed by atoms with Gasteiger partial charge in [0.25, 0.3) is 11.8 Å². The number of anilines is 2. The molecule has 0 spiro atoms. The first-order chi connectivity index (χ1) is 20.5. The molecule has 0 atom stereocenters. The number of para-hydroxylation sites is 1. The minimum absolute atomic E-state index is 0.0190. The largest absolute Gasteiger partial charge is 0.487 e. The zero-order chi connectivity index (χ0) is 30.8. The van der Waals surface area contributed by atoms with Gasteiger partial charge >= 0.3 is 5.97 Å². The molecule has 216 valence electrons. The fourth-order valence-corrected chi connectivity index (χ4v) is 7.00. The number of hydrogen-bond acceptors (Lipinski definition) is 5. The predicted octanol–water partition coefficient (Wildman–Crippen LogP) is 7.54. The highest BCUT2D eigenvalue weighted by molar-refractivity contribution is 14.1. The number of carbonyl (C=O) groups excluding carboxylic acids is 2. The fourth-order valence-electron chi connectivity index (χ4n) is 4.49. The van der Waals surface area contributed by atoms with Crippen LogP contribution in [-0.2, 0) is 16.2 Å². The number of aryl methyl sites for hydroxylation is 2. The van der Waals surface area contributed by atoms with Gasteiger partial charge in [0.15, 0.2) is 5.11 Å². The Balaban J connectivity index is 1.50. The van der Waals surface area contributed by atoms with E-state index in [1.54, 1.807) is 30.3 Å². The van der Waals surface area contributed by atoms with Gasteiger partial charge in [0.1, 0.15) is 17.9 Å². The maximum atomic E-state index is 13.9. The summed E-state index contributed by atoms with van der Waals surface area (Å²) < 4.78 is 7.65. The number of benzene rings is 4. The van der Waals surface area contributed by atoms with Gasteiger partial charge in [-0.15, -0.1) is 0 Å². The van der Waals surface area contributed by atoms with Gasteiger partial charge in [0, 0.05) is 0 Å². The molecule has 10 heteroatoms. The second-order valence-electron chi connectivity index (χ2n) is 9.83. The molecule has 0 aliphatic carbocycles. The molecule has 1 N–H and O–H groups in total. The van der Waals surface area contributed by atoms with Gasteiger partial charge in [-0.3, -0.25) is 19.4 Å². The van der Waals surface area contributed by atoms with Crippen LogP contribution in [0.4, 0.5) is 11.4 Å². The summed E-state index contributed by atoms with van der Waals surface area (Å²) in [5.74, 6) is -1.34. The molecule has 4 aromatic carbocycles. The van der Waals surface area contributed by atoms with Crippen molar-refractivity contribution in [1.82, 2.24) is 0 Å². The van der Waals surface area contributed by atoms with E-state index in [0.717, 1.165) is 23.8 Å². The van der Waals surface area contributed by atoms with Crippen molar-refractivity contribution < 1.29 is 24.2 Å². The first-order valence-corrected chi connectivity index (χ1v) is 15.6. The Hall–Kier alpha value is -3.62. The average Bonchev–Trinajstić information content (AvgIpc) is 2.97. The Labute approximate surface area is 281 Å². The van der Waals surface area contributed by atoms with Crippen molar-refractivity contribution >= 4 is 97.7 Å². The molecule has 1 fully saturated rings. The van der Waals surface area contributed by atoms with Gasteiger partial charge in [0.2, 0.25) is 0 Å². The number of aromatic carboxylic acids is 1. The molecule has 0 saturated carbocycles. The molecule has 0 bridgehead atoms. The van der Waals surface area contributed by atoms with Gasteiger partial charge in [-0.25, -0.2) is 4.79 Å². The Kier molecular flexibility index (Phi) is 9.28. The first kappa shape index (κ1) is 30.8. The molecule has 0 aromatic heterocycles. The van der Waals surface area contributed by atoms with Crippen LogP contribution in [0, 0.1) is 21.0 Å². The number of halogens is 2. The number of hydrogen-bond donors (Lipinski definition) is 1. The van der Waals surface area contributed by atoms with E-state index in [2.05, 4.69) is 45.2 Å². The standard InChI is InChI=1S/C33H24I2N2O5S/c1-19-8-13-25(14-20(19)2)37-31(39)26(30(38)36(33(37)43)24-6-4-3-5-7-24)15-22-16-27(34)29(28(35)17-22)42-18-21-9-11-23(12-10-21)32(40)41/h3-17H,18H2,1-2H3,(H,40,41)/b26-15-. The zero-order valence-corrected chi connectivity index (χ0v) is 28.1. The molecule has 0 unspecified atom stereocenters. The minimum Gasteiger partial charge on any atom is -0.487 e. The highest BCUT2D eigenvalue weighted by atomic mass is 127. The van der Waals surface area contributed by atoms with Crippen LogP contribution in [-0.4, -0.2) is 28.0 Å². The fraction of sp³-hybridized carbons (Fsp3) is 0.0909. The van der Waals surface area contributed by atoms with Crippen molar-refractivity contribution in [1.29, 1.82) is 0 Å². The molecule has 1 heterocycles. The number of rotatable bonds is 7. The molecule has 1 saturated heterocycles. The van der Waals surface area contributed by atoms with E-state index in [0.29, 0.717) is 22.7 Å². The summed E-state index contributed by atoms with van der Waals surface area (Å²) in [5.41, 5.74) is 4.90. The topological polar surface area (TPSA) is 87.1 Å². The van der Waals surface area contributed by atoms with Crippen LogP contribution in [0.15, 0.2) is 90.5 Å². The van der Waals surface area contributed by atoms with Crippen molar-refractivity contribution in [3.05, 3.63) is 125 Å². The molecule has 7 nitrogen and oxygen atoms in total. The Bertz CT molecular complexity index is 1780. The first-order valence-electron chi connectivity index (χ1n) is 13.1. The lowest BCUT2D eigenvalue weighted by Gasteiger charge is -2.36. The summed E-state index contributed by atoms with van der Waals surface area (Å²) >= 11 is 10.1. The number of carboxylic acid groups (broad SMARTS) is 1. The van der Waals surface area contributed by atoms with Crippen molar-refractivity contribution in [2.45, 2.75) is 20.5 Å². The lowest BCUT2D eigenvalue weighted by atomic mass is 10.0. The predicted molar refractivity (Wildman–Crippen MR) is 188 cm³/mol. The summed E-state index contributed by atoms with van der Waals surface area (Å²) in [6, 6.07) is 24.9. The van der Waals surface area contributed by atoms with E-state index >= 15 is 0 Å². The molecule has 2 amide bonds. The van der Waals surface area contributed by atoms with Gasteiger partial charge < -0.3 is 9.84 Å². The summed E-state index contributed by atoms with van der Waals surface area (Å²) in [5, 5.41) is 9.21. The monoisotopic (exact) mass is 814 g/mol. The van der Waals surface area contributed by atoms with E-state index in [9.17, 15) is 14.4 Å². The van der Waals surface area contributed by atoms with E-state index < -0.39 is 17.8 Å². The molecule has 1 aliphatic rings. The zero-order valence-electron chi connectivity index (χ0n) is 23.0. The van der Waals surface area contributed by atoms with Crippen molar-refractivity contribution in [2.24, 2.45) is 0 Å². The summed E-state index contributed by atoms with van der Waals surface area (Å²) in [6.07, 6.45) is 1.59. The third-order valence-corrected chi connectivity index (χ3v) is 8.90. The SMILES string of the molecule is Cc1ccc(N2C(=O)/C(=C\c3cc(I)c(OCc4ccc(C(=O)O)cc4)c(I)c3)C(=O)N(c3ccccc3)C2=S)cc1C. The van der Waals surface area contributed by atoms with Crippen LogP contribution < -0.4 is 14.5 Å². The maximum absolute atomic E-state index is 13.9. The second-order valence-corrected chi connectivity index (χ2v) is 12.5. The third-order valence-electron chi connectivity index (χ3n) is 6.93. The van der Waals surface area contributed by atoms with Crippen LogP contribution in [0.3, 0.4) is 0 Å². The summed E-state index contributed by atoms with van der Waals surface area (Å²) in [6.45, 7) is 4.20. The average molecular weight is 814 g/mol. The normalized spacial score (nSPS) is 14.4. The molecule has 0 radical (unpaired) electrons. The van der Waals surface area contributed by atoms with Crippen LogP contribution in [0.25, 0.3) is 6.08 Å². The number of ether oxygens (including phenoxy) is 1. The Morgan fingerprint density at radius 1 is 0.837 bits per heavy atom. The number of carbonyl (C=O) groups is 3. The van der Waals surface area contributed by atoms with Crippen molar-refractivity contribution in [3.63, 3.8) is 0 Å². The van der Waals surface area contributed by atoms with Crippen LogP contribution >= 0.6 is 57.4 Å². The van der Waals surface area contributed by atoms with Crippen LogP contribution in [0.1, 0.15) is 32.6 Å². The Morgan fingerprint density at radius 2 is 1.44 bits per heavy atom. The molecule has 1 aliphatic heterocycles. The molecule has 5 rings (SSSR count). The van der Waals surface area contributed by atoms with Crippen LogP contribution in [0.2, 0.25) is 0 Å². The van der Waals surface area contributed by atoms with E-state index in [4.69, 9.17) is 22.1 Å². The molecular formula is C33H24I2N2O5S. The van der Waals surface area contributed by atoms with Gasteiger partial charge in [-0.1, -0.05) is 36.4 Å². The number of thiocarbonyl (C=S) groups is 1. The Morgan fingerprint density at radius 3 is 2.02 bits per heavy atom. The third kappa shape index (κ3) is 6.50. The highest BCUT2D eigenvalue weighted by Crippen LogP contribution is 2.34. The second kappa shape index (κ2) is 12.9. The van der Waals surface area contributed by atoms with E-state index in [1.807, 2.05) is 62.4 Å². The van der Waals surface area contributed by atoms with Crippen molar-refractivity contribution in [3.8, 4) is 5.75 Å². The smallest absolute Gasteiger partial charge is 0.335 e. The molecule has 43 heavy (non-hydrogen) atoms. The van der Waals surface area contributed by atoms with E-state index in [1.165, 1.54) is 21.9 Å². The van der Waals surface area contributed by atoms with Gasteiger partial charge in [-0.2, -0.15) is 0 Å². The quantitative estimate of drug-likeness (QED) is 0.0899. The lowest BCUT2D eigenvalue weighted by Crippen LogP contribution is -2.57. The highest BCUT2D eigenvalue weighted by Gasteiger charge is 2.41. The maximum Gasteiger partial charge on any atom is 0.335 e. The minimum atomic E-state index is -0.984. The van der Waals surface area contributed by atoms with Gasteiger partial charge in [0.05, 0.1) is 24.1 Å². The number of carboxylic acids is 1. The van der Waals surface area contributed by atoms with Crippen LogP contribution in [0.5, 0.6) is 5.75 Å².